The summed E-state index contributed by atoms with van der Waals surface area (Å²) in [6.07, 6.45) is 2.63. The summed E-state index contributed by atoms with van der Waals surface area (Å²) in [5, 5.41) is 6.75. The molecule has 1 fully saturated rings. The molecule has 1 saturated carbocycles. The number of aromatic nitrogens is 2. The Morgan fingerprint density at radius 2 is 1.74 bits per heavy atom. The van der Waals surface area contributed by atoms with Crippen LogP contribution in [0.5, 0.6) is 0 Å². The van der Waals surface area contributed by atoms with Crippen LogP contribution in [0.25, 0.3) is 5.69 Å². The van der Waals surface area contributed by atoms with Crippen molar-refractivity contribution in [2.24, 2.45) is 5.92 Å². The van der Waals surface area contributed by atoms with E-state index in [0.29, 0.717) is 56.4 Å². The summed E-state index contributed by atoms with van der Waals surface area (Å²) in [7, 11) is 1.58. The minimum absolute atomic E-state index is 0.132. The van der Waals surface area contributed by atoms with Gasteiger partial charge >= 0.3 is 0 Å². The molecule has 2 N–H and O–H groups in total. The van der Waals surface area contributed by atoms with Gasteiger partial charge in [0.15, 0.2) is 0 Å². The molecular weight excluding hydrogens is 525 g/mol. The number of hydrogen-bond donors (Lipinski definition) is 2. The summed E-state index contributed by atoms with van der Waals surface area (Å²) < 4.78 is 1.58. The lowest BCUT2D eigenvalue weighted by Gasteiger charge is -2.35. The molecule has 5 rings (SSSR count). The Kier molecular flexibility index (Phi) is 7.20. The number of benzene rings is 2. The third kappa shape index (κ3) is 5.02. The Labute approximate surface area is 231 Å². The van der Waals surface area contributed by atoms with Crippen LogP contribution in [0.15, 0.2) is 47.3 Å². The second-order valence-corrected chi connectivity index (χ2v) is 10.8. The summed E-state index contributed by atoms with van der Waals surface area (Å²) in [4.78, 5) is 45.9. The highest BCUT2D eigenvalue weighted by Gasteiger charge is 2.33. The van der Waals surface area contributed by atoms with Gasteiger partial charge in [0.05, 0.1) is 28.0 Å². The van der Waals surface area contributed by atoms with Gasteiger partial charge in [-0.05, 0) is 81.5 Å². The van der Waals surface area contributed by atoms with Gasteiger partial charge in [-0.3, -0.25) is 14.4 Å². The van der Waals surface area contributed by atoms with E-state index in [0.717, 1.165) is 12.8 Å². The van der Waals surface area contributed by atoms with Crippen molar-refractivity contribution < 1.29 is 9.59 Å². The molecule has 2 aromatic carbocycles. The van der Waals surface area contributed by atoms with Crippen molar-refractivity contribution in [1.82, 2.24) is 19.8 Å². The molecular formula is C28H29Cl2N5O3. The topological polar surface area (TPSA) is 96.3 Å². The van der Waals surface area contributed by atoms with Gasteiger partial charge < -0.3 is 15.5 Å². The van der Waals surface area contributed by atoms with Crippen molar-refractivity contribution >= 4 is 41.0 Å². The number of nitrogens with zero attached hydrogens (tertiary/aromatic N) is 3. The number of amides is 2. The van der Waals surface area contributed by atoms with Crippen LogP contribution in [-0.4, -0.2) is 45.4 Å². The second-order valence-electron chi connectivity index (χ2n) is 10.0. The third-order valence-electron chi connectivity index (χ3n) is 7.34. The quantitative estimate of drug-likeness (QED) is 0.461. The van der Waals surface area contributed by atoms with E-state index in [1.165, 1.54) is 0 Å². The number of fused-ring (bicyclic) bond motifs is 1. The second kappa shape index (κ2) is 10.4. The van der Waals surface area contributed by atoms with Crippen molar-refractivity contribution in [3.05, 3.63) is 85.2 Å². The predicted molar refractivity (Wildman–Crippen MR) is 149 cm³/mol. The summed E-state index contributed by atoms with van der Waals surface area (Å²) in [5.41, 5.74) is 2.52. The summed E-state index contributed by atoms with van der Waals surface area (Å²) in [6.45, 7) is 4.21. The lowest BCUT2D eigenvalue weighted by Crippen LogP contribution is -2.46. The first kappa shape index (κ1) is 26.3. The Balaban J connectivity index is 1.54. The summed E-state index contributed by atoms with van der Waals surface area (Å²) in [5.74, 6) is 0.559. The Hall–Kier alpha value is -3.36. The van der Waals surface area contributed by atoms with Crippen LogP contribution in [0, 0.1) is 5.92 Å². The predicted octanol–water partition coefficient (Wildman–Crippen LogP) is 4.70. The summed E-state index contributed by atoms with van der Waals surface area (Å²) >= 11 is 12.2. The summed E-state index contributed by atoms with van der Waals surface area (Å²) in [6, 6.07) is 11.6. The van der Waals surface area contributed by atoms with E-state index >= 15 is 0 Å². The molecule has 10 heteroatoms. The van der Waals surface area contributed by atoms with E-state index in [2.05, 4.69) is 17.6 Å². The molecule has 1 aliphatic heterocycles. The third-order valence-corrected chi connectivity index (χ3v) is 8.08. The molecule has 1 aromatic heterocycles. The smallest absolute Gasteiger partial charge is 0.263 e. The lowest BCUT2D eigenvalue weighted by molar-refractivity contribution is 0.0653. The van der Waals surface area contributed by atoms with E-state index in [1.54, 1.807) is 59.0 Å². The zero-order chi connectivity index (χ0) is 27.1. The molecule has 38 heavy (non-hydrogen) atoms. The highest BCUT2D eigenvalue weighted by molar-refractivity contribution is 6.42. The van der Waals surface area contributed by atoms with E-state index < -0.39 is 0 Å². The molecule has 2 atom stereocenters. The zero-order valence-corrected chi connectivity index (χ0v) is 22.9. The van der Waals surface area contributed by atoms with E-state index in [9.17, 15) is 14.4 Å². The Morgan fingerprint density at radius 1 is 1.05 bits per heavy atom. The fraction of sp³-hybridized carbons (Fsp3) is 0.357. The number of nitrogens with one attached hydrogen (secondary N) is 2. The molecule has 1 aliphatic carbocycles. The monoisotopic (exact) mass is 553 g/mol. The minimum atomic E-state index is -0.229. The maximum absolute atomic E-state index is 13.9. The van der Waals surface area contributed by atoms with Gasteiger partial charge in [-0.1, -0.05) is 23.2 Å². The maximum Gasteiger partial charge on any atom is 0.263 e. The van der Waals surface area contributed by atoms with Crippen LogP contribution in [0.3, 0.4) is 0 Å². The number of anilines is 1. The average Bonchev–Trinajstić information content (AvgIpc) is 3.76. The standard InChI is InChI=1S/C28H29Cl2N5O3/c1-15-12-21-24(14-34(15)26(37)19-8-11-22(29)23(30)13-19)33-28(32-16(2)17-4-5-17)35(27(21)38)20-9-6-18(7-10-20)25(36)31-3/h6-11,13,15-17H,4-5,12,14H2,1-3H3,(H,31,36)(H,32,33)/t15-,16-/m1/s1. The van der Waals surface area contributed by atoms with Crippen LogP contribution < -0.4 is 16.2 Å². The largest absolute Gasteiger partial charge is 0.355 e. The van der Waals surface area contributed by atoms with Crippen LogP contribution in [0.1, 0.15) is 58.7 Å². The highest BCUT2D eigenvalue weighted by Crippen LogP contribution is 2.34. The fourth-order valence-electron chi connectivity index (χ4n) is 4.89. The van der Waals surface area contributed by atoms with Crippen LogP contribution in [0.2, 0.25) is 10.0 Å². The first-order valence-corrected chi connectivity index (χ1v) is 13.4. The molecule has 198 valence electrons. The fourth-order valence-corrected chi connectivity index (χ4v) is 5.18. The van der Waals surface area contributed by atoms with Crippen molar-refractivity contribution in [2.75, 3.05) is 12.4 Å². The lowest BCUT2D eigenvalue weighted by atomic mass is 9.98. The minimum Gasteiger partial charge on any atom is -0.355 e. The van der Waals surface area contributed by atoms with E-state index in [-0.39, 0.29) is 36.0 Å². The number of carbonyl (C=O) groups is 2. The van der Waals surface area contributed by atoms with Crippen molar-refractivity contribution in [3.63, 3.8) is 0 Å². The molecule has 0 saturated heterocycles. The molecule has 2 aliphatic rings. The molecule has 3 aromatic rings. The normalized spacial score (nSPS) is 17.5. The van der Waals surface area contributed by atoms with Gasteiger partial charge in [0.2, 0.25) is 5.95 Å². The average molecular weight is 554 g/mol. The molecule has 0 unspecified atom stereocenters. The van der Waals surface area contributed by atoms with Crippen molar-refractivity contribution in [3.8, 4) is 5.69 Å². The van der Waals surface area contributed by atoms with Gasteiger partial charge in [0.1, 0.15) is 0 Å². The number of halogens is 2. The van der Waals surface area contributed by atoms with Crippen LogP contribution in [-0.2, 0) is 13.0 Å². The highest BCUT2D eigenvalue weighted by atomic mass is 35.5. The van der Waals surface area contributed by atoms with Crippen LogP contribution >= 0.6 is 23.2 Å². The molecule has 0 bridgehead atoms. The van der Waals surface area contributed by atoms with Gasteiger partial charge in [0.25, 0.3) is 17.4 Å². The van der Waals surface area contributed by atoms with Gasteiger partial charge in [-0.25, -0.2) is 9.55 Å². The van der Waals surface area contributed by atoms with Gasteiger partial charge in [-0.2, -0.15) is 0 Å². The molecule has 2 amide bonds. The van der Waals surface area contributed by atoms with Crippen molar-refractivity contribution in [1.29, 1.82) is 0 Å². The van der Waals surface area contributed by atoms with Crippen LogP contribution in [0.4, 0.5) is 5.95 Å². The van der Waals surface area contributed by atoms with Crippen molar-refractivity contribution in [2.45, 2.75) is 51.7 Å². The number of hydrogen-bond acceptors (Lipinski definition) is 5. The van der Waals surface area contributed by atoms with Gasteiger partial charge in [-0.15, -0.1) is 0 Å². The Morgan fingerprint density at radius 3 is 2.37 bits per heavy atom. The molecule has 0 radical (unpaired) electrons. The van der Waals surface area contributed by atoms with E-state index in [1.807, 2.05) is 6.92 Å². The maximum atomic E-state index is 13.9. The SMILES string of the molecule is CNC(=O)c1ccc(-n2c(N[C@H](C)C3CC3)nc3c(c2=O)C[C@@H](C)N(C(=O)c2ccc(Cl)c(Cl)c2)C3)cc1. The first-order chi connectivity index (χ1) is 18.2. The molecule has 0 spiro atoms. The Bertz CT molecular complexity index is 1470. The van der Waals surface area contributed by atoms with E-state index in [4.69, 9.17) is 28.2 Å². The molecule has 2 heterocycles. The zero-order valence-electron chi connectivity index (χ0n) is 21.4. The molecule has 8 nitrogen and oxygen atoms in total. The first-order valence-electron chi connectivity index (χ1n) is 12.7. The van der Waals surface area contributed by atoms with Gasteiger partial charge in [0, 0.05) is 35.8 Å². The number of rotatable bonds is 6. The number of carbonyl (C=O) groups excluding carboxylic acids is 2.